The van der Waals surface area contributed by atoms with E-state index in [1.165, 1.54) is 31.1 Å². The van der Waals surface area contributed by atoms with Gasteiger partial charge in [0.1, 0.15) is 6.61 Å². The number of allylic oxidation sites excluding steroid dienone is 1. The van der Waals surface area contributed by atoms with Crippen molar-refractivity contribution in [1.29, 1.82) is 0 Å². The molecule has 0 fully saturated rings. The van der Waals surface area contributed by atoms with Gasteiger partial charge in [-0.15, -0.1) is 0 Å². The Hall–Kier alpha value is -3.24. The van der Waals surface area contributed by atoms with Gasteiger partial charge in [-0.2, -0.15) is 4.39 Å². The van der Waals surface area contributed by atoms with E-state index in [0.717, 1.165) is 49.0 Å². The first-order valence-electron chi connectivity index (χ1n) is 13.2. The molecule has 0 aliphatic heterocycles. The minimum atomic E-state index is -0.989. The number of ether oxygens (including phenoxy) is 2. The highest BCUT2D eigenvalue weighted by atomic mass is 19.2. The molecule has 4 heteroatoms. The lowest BCUT2D eigenvalue weighted by molar-refractivity contribution is 0.0566. The first-order valence-corrected chi connectivity index (χ1v) is 13.2. The Morgan fingerprint density at radius 1 is 0.838 bits per heavy atom. The summed E-state index contributed by atoms with van der Waals surface area (Å²) in [7, 11) is 0. The molecule has 196 valence electrons. The van der Waals surface area contributed by atoms with E-state index < -0.39 is 11.6 Å². The van der Waals surface area contributed by atoms with Gasteiger partial charge in [0.2, 0.25) is 5.82 Å². The van der Waals surface area contributed by atoms with Crippen LogP contribution in [0.1, 0.15) is 57.9 Å². The van der Waals surface area contributed by atoms with E-state index in [0.29, 0.717) is 11.7 Å². The van der Waals surface area contributed by atoms with Crippen LogP contribution in [0.15, 0.2) is 79.4 Å². The molecular weight excluding hydrogens is 466 g/mol. The molecule has 0 radical (unpaired) electrons. The Labute approximate surface area is 220 Å². The van der Waals surface area contributed by atoms with E-state index in [-0.39, 0.29) is 17.9 Å². The van der Waals surface area contributed by atoms with Crippen LogP contribution in [0, 0.1) is 11.6 Å². The van der Waals surface area contributed by atoms with Crippen molar-refractivity contribution in [2.24, 2.45) is 0 Å². The van der Waals surface area contributed by atoms with E-state index in [9.17, 15) is 8.78 Å². The second-order valence-corrected chi connectivity index (χ2v) is 9.26. The molecule has 37 heavy (non-hydrogen) atoms. The summed E-state index contributed by atoms with van der Waals surface area (Å²) in [6.07, 6.45) is 13.0. The molecule has 2 nitrogen and oxygen atoms in total. The zero-order valence-electron chi connectivity index (χ0n) is 22.0. The molecule has 0 aliphatic rings. The van der Waals surface area contributed by atoms with Crippen LogP contribution in [-0.2, 0) is 4.74 Å². The monoisotopic (exact) mass is 504 g/mol. The Kier molecular flexibility index (Phi) is 11.6. The summed E-state index contributed by atoms with van der Waals surface area (Å²) < 4.78 is 40.0. The van der Waals surface area contributed by atoms with Crippen LogP contribution in [0.25, 0.3) is 28.3 Å². The number of rotatable bonds is 15. The van der Waals surface area contributed by atoms with Gasteiger partial charge < -0.3 is 9.47 Å². The first kappa shape index (κ1) is 28.3. The summed E-state index contributed by atoms with van der Waals surface area (Å²) >= 11 is 0. The first-order chi connectivity index (χ1) is 18.0. The Bertz CT molecular complexity index is 1130. The zero-order chi connectivity index (χ0) is 26.5. The van der Waals surface area contributed by atoms with Crippen LogP contribution >= 0.6 is 0 Å². The smallest absolute Gasteiger partial charge is 0.201 e. The number of halogens is 2. The topological polar surface area (TPSA) is 18.5 Å². The van der Waals surface area contributed by atoms with Crippen molar-refractivity contribution in [3.63, 3.8) is 0 Å². The van der Waals surface area contributed by atoms with Gasteiger partial charge in [-0.1, -0.05) is 93.1 Å². The lowest BCUT2D eigenvalue weighted by Gasteiger charge is -2.12. The third kappa shape index (κ3) is 8.68. The lowest BCUT2D eigenvalue weighted by Crippen LogP contribution is -2.08. The number of hydrogen-bond donors (Lipinski definition) is 0. The summed E-state index contributed by atoms with van der Waals surface area (Å²) in [4.78, 5) is 0. The highest BCUT2D eigenvalue weighted by Crippen LogP contribution is 2.31. The molecular formula is C33H38F2O2. The van der Waals surface area contributed by atoms with E-state index in [2.05, 4.69) is 56.8 Å². The maximum Gasteiger partial charge on any atom is 0.201 e. The van der Waals surface area contributed by atoms with Gasteiger partial charge in [-0.25, -0.2) is 4.39 Å². The molecule has 1 unspecified atom stereocenters. The van der Waals surface area contributed by atoms with Crippen molar-refractivity contribution < 1.29 is 18.3 Å². The van der Waals surface area contributed by atoms with Gasteiger partial charge in [0.25, 0.3) is 0 Å². The van der Waals surface area contributed by atoms with Crippen molar-refractivity contribution in [2.75, 3.05) is 13.2 Å². The number of benzene rings is 3. The van der Waals surface area contributed by atoms with Gasteiger partial charge in [0.15, 0.2) is 11.6 Å². The normalized spacial score (nSPS) is 12.1. The standard InChI is InChI=1S/C33H38F2O2/c1-4-6-10-24-36-25(3)11-8-7-9-12-26-13-15-27(16-14-26)28-17-19-29(20-18-28)30-21-22-31(37-23-5-2)33(35)32(30)34/h5,9,12-22,25H,2,4,6-8,10-11,23-24H2,1,3H3. The molecule has 0 N–H and O–H groups in total. The van der Waals surface area contributed by atoms with Crippen molar-refractivity contribution >= 4 is 6.08 Å². The van der Waals surface area contributed by atoms with Crippen LogP contribution < -0.4 is 4.74 Å². The predicted molar refractivity (Wildman–Crippen MR) is 151 cm³/mol. The number of unbranched alkanes of at least 4 members (excludes halogenated alkanes) is 3. The van der Waals surface area contributed by atoms with Crippen molar-refractivity contribution in [3.05, 3.63) is 96.6 Å². The highest BCUT2D eigenvalue weighted by molar-refractivity contribution is 5.72. The summed E-state index contributed by atoms with van der Waals surface area (Å²) in [5.41, 5.74) is 4.04. The minimum absolute atomic E-state index is 0.117. The van der Waals surface area contributed by atoms with Gasteiger partial charge in [-0.05, 0) is 67.0 Å². The average molecular weight is 505 g/mol. The fourth-order valence-electron chi connectivity index (χ4n) is 4.11. The minimum Gasteiger partial charge on any atom is -0.486 e. The molecule has 0 bridgehead atoms. The van der Waals surface area contributed by atoms with Crippen molar-refractivity contribution in [1.82, 2.24) is 0 Å². The molecule has 0 spiro atoms. The van der Waals surface area contributed by atoms with Crippen LogP contribution in [0.5, 0.6) is 5.75 Å². The predicted octanol–water partition coefficient (Wildman–Crippen LogP) is 9.64. The summed E-state index contributed by atoms with van der Waals surface area (Å²) in [6.45, 7) is 8.87. The van der Waals surface area contributed by atoms with Crippen LogP contribution in [-0.4, -0.2) is 19.3 Å². The second-order valence-electron chi connectivity index (χ2n) is 9.26. The largest absolute Gasteiger partial charge is 0.486 e. The summed E-state index contributed by atoms with van der Waals surface area (Å²) in [6, 6.07) is 18.8. The van der Waals surface area contributed by atoms with E-state index in [4.69, 9.17) is 9.47 Å². The molecule has 0 aromatic heterocycles. The molecule has 0 heterocycles. The van der Waals surface area contributed by atoms with E-state index >= 15 is 0 Å². The second kappa shape index (κ2) is 15.1. The maximum atomic E-state index is 14.6. The van der Waals surface area contributed by atoms with Gasteiger partial charge in [0.05, 0.1) is 6.10 Å². The summed E-state index contributed by atoms with van der Waals surface area (Å²) in [5.74, 6) is -2.02. The molecule has 0 aliphatic carbocycles. The Morgan fingerprint density at radius 2 is 1.51 bits per heavy atom. The molecule has 0 saturated carbocycles. The zero-order valence-corrected chi connectivity index (χ0v) is 22.0. The lowest BCUT2D eigenvalue weighted by atomic mass is 9.99. The van der Waals surface area contributed by atoms with E-state index in [1.807, 2.05) is 12.1 Å². The van der Waals surface area contributed by atoms with E-state index in [1.54, 1.807) is 12.1 Å². The van der Waals surface area contributed by atoms with Gasteiger partial charge >= 0.3 is 0 Å². The quantitative estimate of drug-likeness (QED) is 0.151. The maximum absolute atomic E-state index is 14.6. The van der Waals surface area contributed by atoms with Gasteiger partial charge in [-0.3, -0.25) is 0 Å². The fraction of sp³-hybridized carbons (Fsp3) is 0.333. The third-order valence-electron chi connectivity index (χ3n) is 6.29. The SMILES string of the molecule is C=CCOc1ccc(-c2ccc(-c3ccc(C=CCCCC(C)OCCCCC)cc3)cc2)c(F)c1F. The van der Waals surface area contributed by atoms with Crippen LogP contribution in [0.3, 0.4) is 0 Å². The average Bonchev–Trinajstić information content (AvgIpc) is 2.92. The Balaban J connectivity index is 1.52. The fourth-order valence-corrected chi connectivity index (χ4v) is 4.11. The van der Waals surface area contributed by atoms with Crippen LogP contribution in [0.2, 0.25) is 0 Å². The number of hydrogen-bond acceptors (Lipinski definition) is 2. The molecule has 0 saturated heterocycles. The third-order valence-corrected chi connectivity index (χ3v) is 6.29. The molecule has 3 aromatic carbocycles. The molecule has 1 atom stereocenters. The molecule has 3 rings (SSSR count). The van der Waals surface area contributed by atoms with Crippen LogP contribution in [0.4, 0.5) is 8.78 Å². The van der Waals surface area contributed by atoms with Gasteiger partial charge in [0, 0.05) is 12.2 Å². The molecule has 3 aromatic rings. The molecule has 0 amide bonds. The van der Waals surface area contributed by atoms with Crippen molar-refractivity contribution in [2.45, 2.75) is 58.5 Å². The van der Waals surface area contributed by atoms with Crippen molar-refractivity contribution in [3.8, 4) is 28.0 Å². The Morgan fingerprint density at radius 3 is 2.19 bits per heavy atom. The summed E-state index contributed by atoms with van der Waals surface area (Å²) in [5, 5.41) is 0. The highest BCUT2D eigenvalue weighted by Gasteiger charge is 2.15.